The summed E-state index contributed by atoms with van der Waals surface area (Å²) in [7, 11) is 0. The van der Waals surface area contributed by atoms with Crippen LogP contribution in [0.25, 0.3) is 0 Å². The van der Waals surface area contributed by atoms with Crippen molar-refractivity contribution in [3.63, 3.8) is 0 Å². The predicted octanol–water partition coefficient (Wildman–Crippen LogP) is 2.81. The van der Waals surface area contributed by atoms with Gasteiger partial charge in [0.15, 0.2) is 0 Å². The van der Waals surface area contributed by atoms with Gasteiger partial charge in [0.2, 0.25) is 0 Å². The standard InChI is InChI=1S/C12H13NOS/c1-8-4-2-5-9(12(8)14)11(13)10-6-3-7-15-10/h2-7,11,14H,13H2,1H3/t11-/m1/s1. The predicted molar refractivity (Wildman–Crippen MR) is 63.2 cm³/mol. The number of para-hydroxylation sites is 1. The molecule has 0 amide bonds. The summed E-state index contributed by atoms with van der Waals surface area (Å²) in [6.45, 7) is 1.87. The Balaban J connectivity index is 2.42. The van der Waals surface area contributed by atoms with Crippen LogP contribution in [0.2, 0.25) is 0 Å². The smallest absolute Gasteiger partial charge is 0.123 e. The van der Waals surface area contributed by atoms with Crippen LogP contribution in [-0.4, -0.2) is 5.11 Å². The topological polar surface area (TPSA) is 46.2 Å². The van der Waals surface area contributed by atoms with E-state index in [2.05, 4.69) is 0 Å². The molecule has 1 aromatic carbocycles. The van der Waals surface area contributed by atoms with Crippen molar-refractivity contribution in [3.8, 4) is 5.75 Å². The molecule has 2 rings (SSSR count). The minimum atomic E-state index is -0.232. The number of hydrogen-bond acceptors (Lipinski definition) is 3. The van der Waals surface area contributed by atoms with E-state index in [9.17, 15) is 5.11 Å². The number of thiophene rings is 1. The highest BCUT2D eigenvalue weighted by molar-refractivity contribution is 7.10. The molecule has 0 bridgehead atoms. The van der Waals surface area contributed by atoms with E-state index in [1.54, 1.807) is 11.3 Å². The van der Waals surface area contributed by atoms with Crippen molar-refractivity contribution in [1.29, 1.82) is 0 Å². The molecule has 0 spiro atoms. The molecule has 1 heterocycles. The third kappa shape index (κ3) is 1.89. The van der Waals surface area contributed by atoms with E-state index >= 15 is 0 Å². The number of hydrogen-bond donors (Lipinski definition) is 2. The number of aromatic hydroxyl groups is 1. The molecule has 15 heavy (non-hydrogen) atoms. The zero-order valence-corrected chi connectivity index (χ0v) is 9.29. The highest BCUT2D eigenvalue weighted by Gasteiger charge is 2.14. The molecular formula is C12H13NOS. The summed E-state index contributed by atoms with van der Waals surface area (Å²) in [5.41, 5.74) is 7.73. The highest BCUT2D eigenvalue weighted by Crippen LogP contribution is 2.31. The van der Waals surface area contributed by atoms with Crippen LogP contribution in [0.1, 0.15) is 22.0 Å². The van der Waals surface area contributed by atoms with Crippen LogP contribution in [0.5, 0.6) is 5.75 Å². The fourth-order valence-electron chi connectivity index (χ4n) is 1.55. The average molecular weight is 219 g/mol. The first-order valence-electron chi connectivity index (χ1n) is 4.77. The summed E-state index contributed by atoms with van der Waals surface area (Å²) in [6, 6.07) is 9.37. The van der Waals surface area contributed by atoms with Gasteiger partial charge < -0.3 is 10.8 Å². The normalized spacial score (nSPS) is 12.7. The molecule has 0 aliphatic heterocycles. The van der Waals surface area contributed by atoms with Gasteiger partial charge in [0.05, 0.1) is 6.04 Å². The van der Waals surface area contributed by atoms with Gasteiger partial charge in [-0.05, 0) is 23.9 Å². The summed E-state index contributed by atoms with van der Waals surface area (Å²) < 4.78 is 0. The molecule has 0 fully saturated rings. The lowest BCUT2D eigenvalue weighted by atomic mass is 10.0. The number of rotatable bonds is 2. The minimum absolute atomic E-state index is 0.232. The Morgan fingerprint density at radius 3 is 2.73 bits per heavy atom. The molecule has 0 unspecified atom stereocenters. The summed E-state index contributed by atoms with van der Waals surface area (Å²) >= 11 is 1.60. The van der Waals surface area contributed by atoms with E-state index in [4.69, 9.17) is 5.73 Å². The molecule has 3 N–H and O–H groups in total. The van der Waals surface area contributed by atoms with Crippen LogP contribution in [-0.2, 0) is 0 Å². The van der Waals surface area contributed by atoms with Crippen molar-refractivity contribution < 1.29 is 5.11 Å². The number of aryl methyl sites for hydroxylation is 1. The second-order valence-corrected chi connectivity index (χ2v) is 4.49. The lowest BCUT2D eigenvalue weighted by molar-refractivity contribution is 0.461. The minimum Gasteiger partial charge on any atom is -0.507 e. The average Bonchev–Trinajstić information content (AvgIpc) is 2.74. The van der Waals surface area contributed by atoms with E-state index in [1.165, 1.54) is 0 Å². The summed E-state index contributed by atoms with van der Waals surface area (Å²) in [5.74, 6) is 0.304. The van der Waals surface area contributed by atoms with Crippen molar-refractivity contribution in [2.45, 2.75) is 13.0 Å². The van der Waals surface area contributed by atoms with Crippen LogP contribution in [0.4, 0.5) is 0 Å². The molecule has 0 saturated carbocycles. The fourth-order valence-corrected chi connectivity index (χ4v) is 2.30. The largest absolute Gasteiger partial charge is 0.507 e. The van der Waals surface area contributed by atoms with Gasteiger partial charge in [-0.1, -0.05) is 24.3 Å². The van der Waals surface area contributed by atoms with Gasteiger partial charge in [0.25, 0.3) is 0 Å². The molecule has 0 aliphatic rings. The summed E-state index contributed by atoms with van der Waals surface area (Å²) in [6.07, 6.45) is 0. The maximum absolute atomic E-state index is 9.89. The summed E-state index contributed by atoms with van der Waals surface area (Å²) in [4.78, 5) is 1.07. The first-order chi connectivity index (χ1) is 7.20. The molecule has 0 radical (unpaired) electrons. The zero-order chi connectivity index (χ0) is 10.8. The lowest BCUT2D eigenvalue weighted by Gasteiger charge is -2.13. The monoisotopic (exact) mass is 219 g/mol. The van der Waals surface area contributed by atoms with Crippen molar-refractivity contribution in [2.24, 2.45) is 5.73 Å². The van der Waals surface area contributed by atoms with Gasteiger partial charge >= 0.3 is 0 Å². The second-order valence-electron chi connectivity index (χ2n) is 3.51. The van der Waals surface area contributed by atoms with Gasteiger partial charge in [-0.3, -0.25) is 0 Å². The van der Waals surface area contributed by atoms with E-state index in [0.717, 1.165) is 16.0 Å². The van der Waals surface area contributed by atoms with Crippen LogP contribution < -0.4 is 5.73 Å². The molecule has 1 aromatic heterocycles. The summed E-state index contributed by atoms with van der Waals surface area (Å²) in [5, 5.41) is 11.9. The quantitative estimate of drug-likeness (QED) is 0.815. The van der Waals surface area contributed by atoms with E-state index in [0.29, 0.717) is 5.75 Å². The SMILES string of the molecule is Cc1cccc([C@@H](N)c2cccs2)c1O. The molecular weight excluding hydrogens is 206 g/mol. The van der Waals surface area contributed by atoms with Crippen LogP contribution >= 0.6 is 11.3 Å². The Labute approximate surface area is 93.0 Å². The second kappa shape index (κ2) is 4.04. The molecule has 0 saturated heterocycles. The zero-order valence-electron chi connectivity index (χ0n) is 8.47. The number of benzene rings is 1. The van der Waals surface area contributed by atoms with Crippen LogP contribution in [0.15, 0.2) is 35.7 Å². The Kier molecular flexibility index (Phi) is 2.75. The van der Waals surface area contributed by atoms with Crippen molar-refractivity contribution in [1.82, 2.24) is 0 Å². The van der Waals surface area contributed by atoms with Gasteiger partial charge in [-0.15, -0.1) is 11.3 Å². The maximum Gasteiger partial charge on any atom is 0.123 e. The Morgan fingerprint density at radius 2 is 2.07 bits per heavy atom. The molecule has 2 nitrogen and oxygen atoms in total. The first-order valence-corrected chi connectivity index (χ1v) is 5.65. The van der Waals surface area contributed by atoms with Crippen LogP contribution in [0.3, 0.4) is 0 Å². The fraction of sp³-hybridized carbons (Fsp3) is 0.167. The first kappa shape index (κ1) is 10.2. The van der Waals surface area contributed by atoms with Gasteiger partial charge in [-0.25, -0.2) is 0 Å². The van der Waals surface area contributed by atoms with Gasteiger partial charge in [-0.2, -0.15) is 0 Å². The molecule has 2 aromatic rings. The maximum atomic E-state index is 9.89. The highest BCUT2D eigenvalue weighted by atomic mass is 32.1. The van der Waals surface area contributed by atoms with E-state index in [1.807, 2.05) is 42.6 Å². The molecule has 0 aliphatic carbocycles. The molecule has 78 valence electrons. The van der Waals surface area contributed by atoms with Crippen molar-refractivity contribution in [3.05, 3.63) is 51.7 Å². The van der Waals surface area contributed by atoms with Crippen molar-refractivity contribution in [2.75, 3.05) is 0 Å². The van der Waals surface area contributed by atoms with E-state index in [-0.39, 0.29) is 6.04 Å². The molecule has 1 atom stereocenters. The lowest BCUT2D eigenvalue weighted by Crippen LogP contribution is -2.10. The Hall–Kier alpha value is -1.32. The number of phenolic OH excluding ortho intramolecular Hbond substituents is 1. The van der Waals surface area contributed by atoms with Gasteiger partial charge in [0, 0.05) is 10.4 Å². The van der Waals surface area contributed by atoms with E-state index < -0.39 is 0 Å². The third-order valence-electron chi connectivity index (χ3n) is 2.45. The van der Waals surface area contributed by atoms with Crippen LogP contribution in [0, 0.1) is 6.92 Å². The third-order valence-corrected chi connectivity index (χ3v) is 3.41. The molecule has 3 heteroatoms. The number of nitrogens with two attached hydrogens (primary N) is 1. The van der Waals surface area contributed by atoms with Gasteiger partial charge in [0.1, 0.15) is 5.75 Å². The van der Waals surface area contributed by atoms with Crippen molar-refractivity contribution >= 4 is 11.3 Å². The number of phenols is 1. The Morgan fingerprint density at radius 1 is 1.27 bits per heavy atom. The Bertz CT molecular complexity index is 451.